The molecule has 1 aliphatic heterocycles. The first-order chi connectivity index (χ1) is 19.5. The second-order valence-corrected chi connectivity index (χ2v) is 11.5. The van der Waals surface area contributed by atoms with Crippen LogP contribution in [-0.2, 0) is 42.3 Å². The van der Waals surface area contributed by atoms with Crippen LogP contribution in [0.25, 0.3) is 0 Å². The van der Waals surface area contributed by atoms with Gasteiger partial charge in [0.05, 0.1) is 22.6 Å². The third-order valence-corrected chi connectivity index (χ3v) is 8.40. The third-order valence-electron chi connectivity index (χ3n) is 6.52. The highest BCUT2D eigenvalue weighted by Crippen LogP contribution is 2.35. The highest BCUT2D eigenvalue weighted by Gasteiger charge is 2.59. The van der Waals surface area contributed by atoms with Crippen molar-refractivity contribution >= 4 is 33.5 Å². The summed E-state index contributed by atoms with van der Waals surface area (Å²) in [6.07, 6.45) is -2.70. The van der Waals surface area contributed by atoms with E-state index < -0.39 is 45.5 Å². The van der Waals surface area contributed by atoms with Gasteiger partial charge in [-0.15, -0.1) is 0 Å². The van der Waals surface area contributed by atoms with E-state index in [2.05, 4.69) is 4.72 Å². The average molecular weight is 607 g/mol. The van der Waals surface area contributed by atoms with Crippen molar-refractivity contribution in [1.82, 2.24) is 4.72 Å². The first kappa shape index (κ1) is 30.4. The van der Waals surface area contributed by atoms with Gasteiger partial charge in [-0.2, -0.15) is 4.72 Å². The largest absolute Gasteiger partial charge is 0.489 e. The van der Waals surface area contributed by atoms with Crippen LogP contribution in [0.5, 0.6) is 5.75 Å². The molecule has 1 saturated heterocycles. The van der Waals surface area contributed by atoms with E-state index in [-0.39, 0.29) is 41.7 Å². The molecule has 218 valence electrons. The van der Waals surface area contributed by atoms with Crippen molar-refractivity contribution < 1.29 is 41.7 Å². The number of aliphatic carboxylic acids is 1. The maximum atomic E-state index is 13.3. The Bertz CT molecular complexity index is 1490. The van der Waals surface area contributed by atoms with E-state index in [1.54, 1.807) is 0 Å². The summed E-state index contributed by atoms with van der Waals surface area (Å²) in [5, 5.41) is 10.3. The molecular formula is C28H28ClFN2O8S. The Balaban J connectivity index is 1.43. The number of rotatable bonds is 13. The first-order valence-electron chi connectivity index (χ1n) is 12.5. The molecule has 3 atom stereocenters. The summed E-state index contributed by atoms with van der Waals surface area (Å²) in [5.41, 5.74) is 4.58. The van der Waals surface area contributed by atoms with E-state index in [1.807, 2.05) is 30.3 Å². The number of ether oxygens (including phenoxy) is 3. The molecule has 4 rings (SSSR count). The lowest BCUT2D eigenvalue weighted by Gasteiger charge is -2.28. The van der Waals surface area contributed by atoms with E-state index in [0.717, 1.165) is 11.6 Å². The van der Waals surface area contributed by atoms with Crippen LogP contribution in [0.2, 0.25) is 5.02 Å². The Morgan fingerprint density at radius 1 is 1.10 bits per heavy atom. The van der Waals surface area contributed by atoms with Crippen LogP contribution in [0.4, 0.5) is 4.39 Å². The molecule has 0 radical (unpaired) electrons. The van der Waals surface area contributed by atoms with Crippen molar-refractivity contribution in [2.24, 2.45) is 5.73 Å². The lowest BCUT2D eigenvalue weighted by molar-refractivity contribution is -0.150. The summed E-state index contributed by atoms with van der Waals surface area (Å²) in [6.45, 7) is 0.498. The summed E-state index contributed by atoms with van der Waals surface area (Å²) in [6, 6.07) is 18.4. The molecule has 10 nitrogen and oxygen atoms in total. The van der Waals surface area contributed by atoms with Gasteiger partial charge >= 0.3 is 5.97 Å². The number of carboxylic acids is 1. The number of carbonyl (C=O) groups is 2. The number of hydrogen-bond donors (Lipinski definition) is 3. The van der Waals surface area contributed by atoms with Crippen LogP contribution in [0.3, 0.4) is 0 Å². The van der Waals surface area contributed by atoms with E-state index in [4.69, 9.17) is 31.5 Å². The normalized spacial score (nSPS) is 20.5. The molecule has 0 spiro atoms. The maximum Gasteiger partial charge on any atom is 0.328 e. The van der Waals surface area contributed by atoms with Crippen molar-refractivity contribution in [1.29, 1.82) is 0 Å². The highest BCUT2D eigenvalue weighted by molar-refractivity contribution is 7.89. The van der Waals surface area contributed by atoms with Gasteiger partial charge in [-0.1, -0.05) is 48.0 Å². The predicted octanol–water partition coefficient (Wildman–Crippen LogP) is 3.41. The number of hydrogen-bond acceptors (Lipinski definition) is 7. The van der Waals surface area contributed by atoms with Gasteiger partial charge < -0.3 is 25.1 Å². The number of carbonyl (C=O) groups excluding carboxylic acids is 1. The van der Waals surface area contributed by atoms with Gasteiger partial charge in [-0.3, -0.25) is 9.59 Å². The molecule has 0 aromatic heterocycles. The Hall–Kier alpha value is -3.55. The van der Waals surface area contributed by atoms with Crippen LogP contribution in [0.1, 0.15) is 24.0 Å². The second-order valence-electron chi connectivity index (χ2n) is 9.45. The molecule has 1 heterocycles. The number of halogens is 2. The van der Waals surface area contributed by atoms with Crippen LogP contribution >= 0.6 is 11.6 Å². The van der Waals surface area contributed by atoms with Crippen molar-refractivity contribution in [3.8, 4) is 5.75 Å². The van der Waals surface area contributed by atoms with E-state index >= 15 is 0 Å². The second kappa shape index (κ2) is 13.0. The van der Waals surface area contributed by atoms with E-state index in [0.29, 0.717) is 12.2 Å². The molecular weight excluding hydrogens is 579 g/mol. The zero-order chi connectivity index (χ0) is 29.6. The van der Waals surface area contributed by atoms with E-state index in [1.165, 1.54) is 36.4 Å². The van der Waals surface area contributed by atoms with Crippen molar-refractivity contribution in [2.45, 2.75) is 48.7 Å². The molecule has 3 aromatic rings. The Morgan fingerprint density at radius 3 is 2.44 bits per heavy atom. The zero-order valence-electron chi connectivity index (χ0n) is 21.7. The van der Waals surface area contributed by atoms with Gasteiger partial charge in [0.1, 0.15) is 18.2 Å². The summed E-state index contributed by atoms with van der Waals surface area (Å²) in [4.78, 5) is 24.4. The summed E-state index contributed by atoms with van der Waals surface area (Å²) in [5.74, 6) is -2.93. The third kappa shape index (κ3) is 7.40. The molecule has 0 bridgehead atoms. The monoisotopic (exact) mass is 606 g/mol. The molecule has 41 heavy (non-hydrogen) atoms. The SMILES string of the molecule is NC(=O)C1OC(CCOCc2ccccc2)CC1(NS(=O)(=O)c1ccc(OCc2ccc(F)cc2Cl)cc1)C(=O)O. The van der Waals surface area contributed by atoms with Gasteiger partial charge in [0, 0.05) is 18.6 Å². The molecule has 13 heteroatoms. The zero-order valence-corrected chi connectivity index (χ0v) is 23.2. The quantitative estimate of drug-likeness (QED) is 0.250. The molecule has 1 aliphatic rings. The van der Waals surface area contributed by atoms with Crippen molar-refractivity contribution in [3.63, 3.8) is 0 Å². The fourth-order valence-corrected chi connectivity index (χ4v) is 6.02. The van der Waals surface area contributed by atoms with Gasteiger partial charge in [0.2, 0.25) is 15.9 Å². The molecule has 0 saturated carbocycles. The molecule has 4 N–H and O–H groups in total. The van der Waals surface area contributed by atoms with Gasteiger partial charge in [0.15, 0.2) is 11.6 Å². The number of primary amides is 1. The maximum absolute atomic E-state index is 13.3. The number of nitrogens with two attached hydrogens (primary N) is 1. The minimum Gasteiger partial charge on any atom is -0.489 e. The highest BCUT2D eigenvalue weighted by atomic mass is 35.5. The van der Waals surface area contributed by atoms with Gasteiger partial charge in [-0.05, 0) is 48.4 Å². The Labute approximate surface area is 241 Å². The number of nitrogens with one attached hydrogen (secondary N) is 1. The number of benzene rings is 3. The topological polar surface area (TPSA) is 154 Å². The summed E-state index contributed by atoms with van der Waals surface area (Å²) in [7, 11) is -4.46. The number of carboxylic acid groups (broad SMARTS) is 1. The summed E-state index contributed by atoms with van der Waals surface area (Å²) < 4.78 is 58.8. The predicted molar refractivity (Wildman–Crippen MR) is 146 cm³/mol. The molecule has 0 aliphatic carbocycles. The van der Waals surface area contributed by atoms with Gasteiger partial charge in [0.25, 0.3) is 0 Å². The van der Waals surface area contributed by atoms with Gasteiger partial charge in [-0.25, -0.2) is 12.8 Å². The standard InChI is InChI=1S/C28H28ClFN2O8S/c29-24-14-20(30)7-6-19(24)17-39-21-8-10-23(11-9-21)41(36,37)32-28(27(34)35)15-22(40-25(28)26(31)33)12-13-38-16-18-4-2-1-3-5-18/h1-11,14,22,25,32H,12-13,15-17H2,(H2,31,33)(H,34,35). The van der Waals surface area contributed by atoms with Crippen molar-refractivity contribution in [2.75, 3.05) is 6.61 Å². The fourth-order valence-electron chi connectivity index (χ4n) is 4.43. The Kier molecular flexibility index (Phi) is 9.61. The molecule has 3 unspecified atom stereocenters. The number of amides is 1. The van der Waals surface area contributed by atoms with Crippen molar-refractivity contribution in [3.05, 3.63) is 94.8 Å². The first-order valence-corrected chi connectivity index (χ1v) is 14.4. The molecule has 3 aromatic carbocycles. The number of sulfonamides is 1. The molecule has 1 fully saturated rings. The average Bonchev–Trinajstić information content (AvgIpc) is 3.31. The van der Waals surface area contributed by atoms with Crippen LogP contribution < -0.4 is 15.2 Å². The Morgan fingerprint density at radius 2 is 1.80 bits per heavy atom. The van der Waals surface area contributed by atoms with Crippen LogP contribution in [-0.4, -0.2) is 49.8 Å². The lowest BCUT2D eigenvalue weighted by Crippen LogP contribution is -2.62. The molecule has 1 amide bonds. The minimum absolute atomic E-state index is 0.000330. The van der Waals surface area contributed by atoms with Crippen LogP contribution in [0.15, 0.2) is 77.7 Å². The van der Waals surface area contributed by atoms with Crippen LogP contribution in [0, 0.1) is 5.82 Å². The summed E-state index contributed by atoms with van der Waals surface area (Å²) >= 11 is 6.00. The lowest BCUT2D eigenvalue weighted by atomic mass is 9.89. The fraction of sp³-hybridized carbons (Fsp3) is 0.286. The van der Waals surface area contributed by atoms with E-state index in [9.17, 15) is 27.5 Å². The smallest absolute Gasteiger partial charge is 0.328 e. The minimum atomic E-state index is -4.46.